The number of benzene rings is 1. The second kappa shape index (κ2) is 10.7. The molecule has 4 aromatic rings. The molecule has 1 aromatic carbocycles. The van der Waals surface area contributed by atoms with Gasteiger partial charge in [0.1, 0.15) is 23.3 Å². The van der Waals surface area contributed by atoms with Crippen molar-refractivity contribution in [2.45, 2.75) is 32.7 Å². The van der Waals surface area contributed by atoms with Gasteiger partial charge in [-0.1, -0.05) is 38.1 Å². The van der Waals surface area contributed by atoms with Crippen molar-refractivity contribution in [3.8, 4) is 22.7 Å². The van der Waals surface area contributed by atoms with Crippen molar-refractivity contribution < 1.29 is 19.1 Å². The number of aryl methyl sites for hydroxylation is 1. The molecule has 1 unspecified atom stereocenters. The number of rotatable bonds is 4. The molecule has 1 atom stereocenters. The minimum absolute atomic E-state index is 0.0360. The van der Waals surface area contributed by atoms with E-state index in [0.29, 0.717) is 29.0 Å². The Kier molecular flexibility index (Phi) is 7.16. The van der Waals surface area contributed by atoms with Gasteiger partial charge >= 0.3 is 0 Å². The smallest absolute Gasteiger partial charge is 0.283 e. The molecule has 3 aromatic heterocycles. The zero-order valence-electron chi connectivity index (χ0n) is 24.6. The topological polar surface area (TPSA) is 112 Å². The van der Waals surface area contributed by atoms with Gasteiger partial charge < -0.3 is 19.8 Å². The molecule has 44 heavy (non-hydrogen) atoms. The summed E-state index contributed by atoms with van der Waals surface area (Å²) in [5.74, 6) is -1.83. The van der Waals surface area contributed by atoms with Crippen LogP contribution in [-0.2, 0) is 9.59 Å². The summed E-state index contributed by atoms with van der Waals surface area (Å²) in [5, 5.41) is 11.1. The monoisotopic (exact) mass is 616 g/mol. The van der Waals surface area contributed by atoms with Gasteiger partial charge in [-0.2, -0.15) is 0 Å². The predicted octanol–water partition coefficient (Wildman–Crippen LogP) is 4.56. The second-order valence-corrected chi connectivity index (χ2v) is 11.7. The Hall–Kier alpha value is -4.77. The molecule has 0 saturated carbocycles. The van der Waals surface area contributed by atoms with E-state index in [4.69, 9.17) is 16.6 Å². The van der Waals surface area contributed by atoms with Crippen molar-refractivity contribution in [1.29, 1.82) is 0 Å². The van der Waals surface area contributed by atoms with E-state index < -0.39 is 17.4 Å². The summed E-state index contributed by atoms with van der Waals surface area (Å²) >= 11 is 6.80. The summed E-state index contributed by atoms with van der Waals surface area (Å²) in [6.07, 6.45) is 2.87. The van der Waals surface area contributed by atoms with Gasteiger partial charge in [0, 0.05) is 31.7 Å². The molecule has 0 aliphatic carbocycles. The molecule has 5 heterocycles. The molecule has 1 saturated heterocycles. The van der Waals surface area contributed by atoms with Crippen molar-refractivity contribution >= 4 is 45.8 Å². The Morgan fingerprint density at radius 3 is 2.61 bits per heavy atom. The van der Waals surface area contributed by atoms with Crippen LogP contribution >= 0.6 is 11.6 Å². The molecule has 1 N–H and O–H groups in total. The average molecular weight is 617 g/mol. The van der Waals surface area contributed by atoms with Crippen LogP contribution in [0.15, 0.2) is 54.0 Å². The second-order valence-electron chi connectivity index (χ2n) is 11.3. The molecule has 1 fully saturated rings. The number of phenols is 1. The van der Waals surface area contributed by atoms with Crippen molar-refractivity contribution in [3.05, 3.63) is 81.6 Å². The first-order valence-corrected chi connectivity index (χ1v) is 14.5. The minimum Gasteiger partial charge on any atom is -0.507 e. The highest BCUT2D eigenvalue weighted by Crippen LogP contribution is 2.44. The van der Waals surface area contributed by atoms with E-state index in [9.17, 15) is 19.5 Å². The van der Waals surface area contributed by atoms with E-state index in [0.717, 1.165) is 5.56 Å². The maximum atomic E-state index is 15.1. The summed E-state index contributed by atoms with van der Waals surface area (Å²) in [6, 6.07) is 6.48. The van der Waals surface area contributed by atoms with Crippen LogP contribution in [0.4, 0.5) is 15.8 Å². The molecule has 226 valence electrons. The summed E-state index contributed by atoms with van der Waals surface area (Å²) in [7, 11) is 1.53. The van der Waals surface area contributed by atoms with E-state index in [1.165, 1.54) is 40.8 Å². The molecular formula is C32H30ClFN6O4. The highest BCUT2D eigenvalue weighted by molar-refractivity contribution is 6.34. The fraction of sp³-hybridized carbons (Fsp3) is 0.281. The number of carbonyl (C=O) groups excluding carboxylic acids is 2. The third-order valence-electron chi connectivity index (χ3n) is 8.31. The first-order chi connectivity index (χ1) is 21.0. The molecule has 2 aliphatic heterocycles. The first kappa shape index (κ1) is 29.3. The van der Waals surface area contributed by atoms with Crippen molar-refractivity contribution in [2.75, 3.05) is 36.5 Å². The molecule has 2 aliphatic rings. The van der Waals surface area contributed by atoms with Gasteiger partial charge in [0.2, 0.25) is 5.91 Å². The van der Waals surface area contributed by atoms with Gasteiger partial charge in [0.05, 0.1) is 39.9 Å². The van der Waals surface area contributed by atoms with Crippen LogP contribution in [0.3, 0.4) is 0 Å². The Morgan fingerprint density at radius 2 is 1.93 bits per heavy atom. The van der Waals surface area contributed by atoms with E-state index in [1.54, 1.807) is 23.2 Å². The van der Waals surface area contributed by atoms with Crippen LogP contribution in [0, 0.1) is 12.7 Å². The Bertz CT molecular complexity index is 1940. The molecule has 0 spiro atoms. The summed E-state index contributed by atoms with van der Waals surface area (Å²) in [5.41, 5.74) is 1.78. The number of aromatic hydroxyl groups is 1. The Morgan fingerprint density at radius 1 is 1.18 bits per heavy atom. The van der Waals surface area contributed by atoms with Crippen molar-refractivity contribution in [2.24, 2.45) is 0 Å². The zero-order valence-corrected chi connectivity index (χ0v) is 25.4. The number of anilines is 2. The summed E-state index contributed by atoms with van der Waals surface area (Å²) < 4.78 is 16.6. The van der Waals surface area contributed by atoms with E-state index in [-0.39, 0.29) is 64.2 Å². The van der Waals surface area contributed by atoms with Crippen molar-refractivity contribution in [3.63, 3.8) is 0 Å². The van der Waals surface area contributed by atoms with Gasteiger partial charge in [0.25, 0.3) is 11.5 Å². The predicted molar refractivity (Wildman–Crippen MR) is 167 cm³/mol. The van der Waals surface area contributed by atoms with Gasteiger partial charge in [0.15, 0.2) is 5.65 Å². The third-order valence-corrected chi connectivity index (χ3v) is 8.60. The van der Waals surface area contributed by atoms with Crippen LogP contribution in [0.25, 0.3) is 28.0 Å². The van der Waals surface area contributed by atoms with Crippen LogP contribution in [0.1, 0.15) is 31.0 Å². The molecule has 6 rings (SSSR count). The lowest BCUT2D eigenvalue weighted by molar-refractivity contribution is -0.128. The van der Waals surface area contributed by atoms with Crippen LogP contribution < -0.4 is 15.4 Å². The van der Waals surface area contributed by atoms with E-state index in [1.807, 2.05) is 25.7 Å². The zero-order chi connectivity index (χ0) is 31.6. The SMILES string of the molecule is C=CC(=O)N1CCN2c3c(c(=O)n(-c4c(C)ccnc4C(C)C)c4nc(-c5c(O)cccc5F)c(Cl)cc34)N(C)C(=O)C2C1. The molecule has 12 heteroatoms. The lowest BCUT2D eigenvalue weighted by Gasteiger charge is -2.47. The van der Waals surface area contributed by atoms with Gasteiger partial charge in [-0.25, -0.2) is 9.37 Å². The summed E-state index contributed by atoms with van der Waals surface area (Å²) in [6.45, 7) is 9.97. The van der Waals surface area contributed by atoms with Crippen LogP contribution in [0.5, 0.6) is 5.75 Å². The highest BCUT2D eigenvalue weighted by atomic mass is 35.5. The number of phenolic OH excluding ortho intramolecular Hbond substituents is 1. The summed E-state index contributed by atoms with van der Waals surface area (Å²) in [4.78, 5) is 55.0. The lowest BCUT2D eigenvalue weighted by Crippen LogP contribution is -2.63. The Balaban J connectivity index is 1.75. The van der Waals surface area contributed by atoms with Gasteiger partial charge in [-0.3, -0.25) is 23.9 Å². The normalized spacial score (nSPS) is 16.4. The van der Waals surface area contributed by atoms with Gasteiger partial charge in [-0.15, -0.1) is 0 Å². The van der Waals surface area contributed by atoms with Gasteiger partial charge in [-0.05, 0) is 48.7 Å². The average Bonchev–Trinajstić information content (AvgIpc) is 2.99. The number of halogens is 2. The number of amides is 2. The van der Waals surface area contributed by atoms with Crippen LogP contribution in [0.2, 0.25) is 5.02 Å². The largest absolute Gasteiger partial charge is 0.507 e. The number of pyridine rings is 3. The number of hydrogen-bond donors (Lipinski definition) is 1. The minimum atomic E-state index is -0.774. The number of piperazine rings is 1. The first-order valence-electron chi connectivity index (χ1n) is 14.1. The molecule has 10 nitrogen and oxygen atoms in total. The standard InChI is InChI=1S/C32H30ClFN6O4/c1-6-23(42)38-12-13-39-21(15-38)31(43)37(5)29-28(39)18-14-19(33)26(24-20(34)8-7-9-22(24)41)36-30(18)40(32(29)44)27-17(4)10-11-35-25(27)16(2)3/h6-11,14,16,21,41H,1,12-13,15H2,2-5H3. The Labute approximate surface area is 257 Å². The maximum absolute atomic E-state index is 15.1. The molecule has 2 amide bonds. The highest BCUT2D eigenvalue weighted by Gasteiger charge is 2.44. The van der Waals surface area contributed by atoms with Crippen molar-refractivity contribution in [1.82, 2.24) is 19.4 Å². The van der Waals surface area contributed by atoms with E-state index in [2.05, 4.69) is 11.6 Å². The van der Waals surface area contributed by atoms with E-state index >= 15 is 4.39 Å². The molecule has 0 bridgehead atoms. The van der Waals surface area contributed by atoms with Crippen LogP contribution in [-0.4, -0.2) is 69.1 Å². The maximum Gasteiger partial charge on any atom is 0.283 e. The fourth-order valence-electron chi connectivity index (χ4n) is 6.19. The molecular weight excluding hydrogens is 587 g/mol. The fourth-order valence-corrected chi connectivity index (χ4v) is 6.43. The number of fused-ring (bicyclic) bond motifs is 5. The number of aromatic nitrogens is 3. The quantitative estimate of drug-likeness (QED) is 0.335. The number of likely N-dealkylation sites (N-methyl/N-ethyl adjacent to an activating group) is 1. The number of carbonyl (C=O) groups is 2. The third kappa shape index (κ3) is 4.33. The lowest BCUT2D eigenvalue weighted by atomic mass is 9.99. The molecule has 0 radical (unpaired) electrons. The number of nitrogens with zero attached hydrogens (tertiary/aromatic N) is 6. The number of hydrogen-bond acceptors (Lipinski definition) is 7.